The van der Waals surface area contributed by atoms with Crippen LogP contribution in [0.5, 0.6) is 17.2 Å². The van der Waals surface area contributed by atoms with Gasteiger partial charge in [-0.15, -0.1) is 0 Å². The topological polar surface area (TPSA) is 27.7 Å². The highest BCUT2D eigenvalue weighted by Gasteiger charge is 2.28. The van der Waals surface area contributed by atoms with E-state index in [0.717, 1.165) is 17.6 Å². The van der Waals surface area contributed by atoms with Crippen molar-refractivity contribution in [3.8, 4) is 17.2 Å². The predicted molar refractivity (Wildman–Crippen MR) is 113 cm³/mol. The fourth-order valence-corrected chi connectivity index (χ4v) is 4.17. The molecular weight excluding hydrogens is 348 g/mol. The third kappa shape index (κ3) is 2.93. The average molecular weight is 372 g/mol. The van der Waals surface area contributed by atoms with Crippen LogP contribution in [0.4, 0.5) is 0 Å². The summed E-state index contributed by atoms with van der Waals surface area (Å²) in [6, 6.07) is 21.2. The van der Waals surface area contributed by atoms with Crippen LogP contribution in [0, 0.1) is 0 Å². The van der Waals surface area contributed by atoms with Crippen molar-refractivity contribution in [3.05, 3.63) is 95.1 Å². The van der Waals surface area contributed by atoms with Crippen molar-refractivity contribution >= 4 is 5.57 Å². The number of fused-ring (bicyclic) bond motifs is 2. The molecule has 1 aliphatic rings. The first-order valence-electron chi connectivity index (χ1n) is 9.34. The van der Waals surface area contributed by atoms with Gasteiger partial charge in [-0.3, -0.25) is 0 Å². The minimum absolute atomic E-state index is 0.237. The number of hydrogen-bond donors (Lipinski definition) is 0. The molecule has 0 atom stereocenters. The first-order chi connectivity index (χ1) is 13.7. The zero-order valence-electron chi connectivity index (χ0n) is 16.5. The molecule has 0 radical (unpaired) electrons. The lowest BCUT2D eigenvalue weighted by Crippen LogP contribution is -2.15. The Morgan fingerprint density at radius 1 is 0.750 bits per heavy atom. The predicted octanol–water partition coefficient (Wildman–Crippen LogP) is 5.46. The summed E-state index contributed by atoms with van der Waals surface area (Å²) in [5.74, 6) is 2.21. The van der Waals surface area contributed by atoms with E-state index in [1.165, 1.54) is 22.3 Å². The van der Waals surface area contributed by atoms with Crippen LogP contribution in [-0.2, 0) is 6.42 Å². The van der Waals surface area contributed by atoms with E-state index in [0.29, 0.717) is 17.2 Å². The van der Waals surface area contributed by atoms with Crippen LogP contribution < -0.4 is 14.2 Å². The number of benzene rings is 3. The molecule has 28 heavy (non-hydrogen) atoms. The lowest BCUT2D eigenvalue weighted by molar-refractivity contribution is 0.323. The summed E-state index contributed by atoms with van der Waals surface area (Å²) in [6.45, 7) is 4.36. The van der Waals surface area contributed by atoms with Gasteiger partial charge in [0.05, 0.1) is 21.3 Å². The van der Waals surface area contributed by atoms with Gasteiger partial charge in [-0.1, -0.05) is 55.1 Å². The maximum absolute atomic E-state index is 5.55. The van der Waals surface area contributed by atoms with Gasteiger partial charge in [0.2, 0.25) is 5.75 Å². The van der Waals surface area contributed by atoms with Gasteiger partial charge in [-0.05, 0) is 51.9 Å². The zero-order valence-corrected chi connectivity index (χ0v) is 16.5. The molecule has 3 heteroatoms. The van der Waals surface area contributed by atoms with E-state index in [1.807, 2.05) is 12.1 Å². The maximum atomic E-state index is 5.55. The highest BCUT2D eigenvalue weighted by molar-refractivity contribution is 5.85. The summed E-state index contributed by atoms with van der Waals surface area (Å²) in [6.07, 6.45) is 0.831. The molecule has 0 aliphatic heterocycles. The fraction of sp³-hybridized carbons (Fsp3) is 0.200. The normalized spacial score (nSPS) is 12.9. The third-order valence-electron chi connectivity index (χ3n) is 5.49. The molecule has 142 valence electrons. The van der Waals surface area contributed by atoms with Gasteiger partial charge in [0, 0.05) is 5.92 Å². The molecule has 0 unspecified atom stereocenters. The largest absolute Gasteiger partial charge is 0.493 e. The minimum Gasteiger partial charge on any atom is -0.493 e. The maximum Gasteiger partial charge on any atom is 0.203 e. The van der Waals surface area contributed by atoms with E-state index in [2.05, 4.69) is 55.1 Å². The van der Waals surface area contributed by atoms with Crippen molar-refractivity contribution in [2.75, 3.05) is 21.3 Å². The van der Waals surface area contributed by atoms with Gasteiger partial charge < -0.3 is 14.2 Å². The number of methoxy groups -OCH3 is 3. The smallest absolute Gasteiger partial charge is 0.203 e. The Kier molecular flexibility index (Phi) is 4.82. The molecule has 0 aromatic heterocycles. The van der Waals surface area contributed by atoms with Gasteiger partial charge >= 0.3 is 0 Å². The van der Waals surface area contributed by atoms with Crippen LogP contribution in [0.2, 0.25) is 0 Å². The Morgan fingerprint density at radius 3 is 1.71 bits per heavy atom. The van der Waals surface area contributed by atoms with Gasteiger partial charge in [0.25, 0.3) is 0 Å². The Bertz CT molecular complexity index is 961. The fourth-order valence-electron chi connectivity index (χ4n) is 4.17. The van der Waals surface area contributed by atoms with Crippen molar-refractivity contribution in [2.24, 2.45) is 0 Å². The zero-order chi connectivity index (χ0) is 19.7. The van der Waals surface area contributed by atoms with Crippen LogP contribution in [-0.4, -0.2) is 21.3 Å². The molecule has 0 N–H and O–H groups in total. The summed E-state index contributed by atoms with van der Waals surface area (Å²) >= 11 is 0. The molecule has 0 fully saturated rings. The Balaban J connectivity index is 1.83. The molecule has 0 saturated heterocycles. The molecule has 0 bridgehead atoms. The monoisotopic (exact) mass is 372 g/mol. The van der Waals surface area contributed by atoms with E-state index in [-0.39, 0.29) is 5.92 Å². The third-order valence-corrected chi connectivity index (χ3v) is 5.49. The van der Waals surface area contributed by atoms with Crippen molar-refractivity contribution in [1.82, 2.24) is 0 Å². The Hall–Kier alpha value is -3.20. The van der Waals surface area contributed by atoms with Crippen LogP contribution in [0.1, 0.15) is 33.7 Å². The molecule has 1 aliphatic carbocycles. The molecular formula is C25H24O3. The van der Waals surface area contributed by atoms with Crippen LogP contribution in [0.15, 0.2) is 67.2 Å². The molecule has 0 amide bonds. The summed E-state index contributed by atoms with van der Waals surface area (Å²) < 4.78 is 16.6. The van der Waals surface area contributed by atoms with Crippen molar-refractivity contribution in [3.63, 3.8) is 0 Å². The lowest BCUT2D eigenvalue weighted by atomic mass is 9.74. The average Bonchev–Trinajstić information content (AvgIpc) is 2.75. The second-order valence-corrected chi connectivity index (χ2v) is 6.94. The molecule has 3 aromatic rings. The van der Waals surface area contributed by atoms with Crippen LogP contribution in [0.3, 0.4) is 0 Å². The summed E-state index contributed by atoms with van der Waals surface area (Å²) in [4.78, 5) is 0. The lowest BCUT2D eigenvalue weighted by Gasteiger charge is -2.30. The van der Waals surface area contributed by atoms with Crippen LogP contribution in [0.25, 0.3) is 5.57 Å². The van der Waals surface area contributed by atoms with E-state index in [9.17, 15) is 0 Å². The highest BCUT2D eigenvalue weighted by atomic mass is 16.5. The van der Waals surface area contributed by atoms with Crippen molar-refractivity contribution in [2.45, 2.75) is 12.3 Å². The second kappa shape index (κ2) is 7.43. The molecule has 3 aromatic carbocycles. The first-order valence-corrected chi connectivity index (χ1v) is 9.34. The Morgan fingerprint density at radius 2 is 1.25 bits per heavy atom. The number of ether oxygens (including phenoxy) is 3. The Labute approximate surface area is 166 Å². The molecule has 0 spiro atoms. The number of hydrogen-bond acceptors (Lipinski definition) is 3. The van der Waals surface area contributed by atoms with Crippen molar-refractivity contribution < 1.29 is 14.2 Å². The molecule has 4 rings (SSSR count). The van der Waals surface area contributed by atoms with Gasteiger partial charge in [0.1, 0.15) is 0 Å². The summed E-state index contributed by atoms with van der Waals surface area (Å²) in [5.41, 5.74) is 7.28. The summed E-state index contributed by atoms with van der Waals surface area (Å²) in [5, 5.41) is 0. The molecule has 0 saturated carbocycles. The second-order valence-electron chi connectivity index (χ2n) is 6.94. The standard InChI is InChI=1S/C25H24O3/c1-16-18-9-5-7-11-20(18)22(21-12-8-6-10-19(16)21)13-17-14-23(26-2)25(28-4)24(15-17)27-3/h5-12,14-15,22H,1,13H2,2-4H3. The first kappa shape index (κ1) is 18.2. The highest BCUT2D eigenvalue weighted by Crippen LogP contribution is 2.45. The minimum atomic E-state index is 0.237. The van der Waals surface area contributed by atoms with Gasteiger partial charge in [-0.25, -0.2) is 0 Å². The SMILES string of the molecule is C=C1c2ccccc2C(Cc2cc(OC)c(OC)c(OC)c2)c2ccccc21. The van der Waals surface area contributed by atoms with E-state index < -0.39 is 0 Å². The molecule has 0 heterocycles. The quantitative estimate of drug-likeness (QED) is 0.595. The van der Waals surface area contributed by atoms with Gasteiger partial charge in [0.15, 0.2) is 11.5 Å². The van der Waals surface area contributed by atoms with E-state index >= 15 is 0 Å². The number of rotatable bonds is 5. The molecule has 3 nitrogen and oxygen atoms in total. The van der Waals surface area contributed by atoms with E-state index in [4.69, 9.17) is 14.2 Å². The van der Waals surface area contributed by atoms with E-state index in [1.54, 1.807) is 21.3 Å². The van der Waals surface area contributed by atoms with Crippen molar-refractivity contribution in [1.29, 1.82) is 0 Å². The van der Waals surface area contributed by atoms with Gasteiger partial charge in [-0.2, -0.15) is 0 Å². The summed E-state index contributed by atoms with van der Waals surface area (Å²) in [7, 11) is 4.92. The van der Waals surface area contributed by atoms with Crippen LogP contribution >= 0.6 is 0 Å².